The number of pyridine rings is 2. The van der Waals surface area contributed by atoms with Crippen LogP contribution in [0.3, 0.4) is 0 Å². The first-order chi connectivity index (χ1) is 13.9. The van der Waals surface area contributed by atoms with E-state index in [4.69, 9.17) is 11.3 Å². The highest BCUT2D eigenvalue weighted by Gasteiger charge is 2.35. The van der Waals surface area contributed by atoms with Crippen LogP contribution in [-0.2, 0) is 0 Å². The zero-order chi connectivity index (χ0) is 20.6. The number of alkyl halides is 2. The molecule has 29 heavy (non-hydrogen) atoms. The number of hydrogen-bond donors (Lipinski definition) is 3. The van der Waals surface area contributed by atoms with Crippen LogP contribution in [0.4, 0.5) is 8.78 Å². The molecule has 4 N–H and O–H groups in total. The number of hydrazine groups is 1. The molecule has 4 heterocycles. The zero-order valence-electron chi connectivity index (χ0n) is 15.1. The minimum absolute atomic E-state index is 0.00123. The molecule has 1 fully saturated rings. The third-order valence-corrected chi connectivity index (χ3v) is 4.71. The summed E-state index contributed by atoms with van der Waals surface area (Å²) in [7, 11) is 0. The predicted molar refractivity (Wildman–Crippen MR) is 98.7 cm³/mol. The molecule has 0 atom stereocenters. The quantitative estimate of drug-likeness (QED) is 0.256. The van der Waals surface area contributed by atoms with E-state index in [0.29, 0.717) is 22.5 Å². The SMILES string of the molecule is N=C(NN)c1ccc(-n2nnc3cc(C(=O)N4CCC(F)(F)CC4)cnc32)cn1. The lowest BCUT2D eigenvalue weighted by Crippen LogP contribution is -2.42. The van der Waals surface area contributed by atoms with E-state index in [9.17, 15) is 13.6 Å². The number of amidine groups is 1. The number of nitrogens with one attached hydrogen (secondary N) is 2. The summed E-state index contributed by atoms with van der Waals surface area (Å²) in [5.74, 6) is 2.09. The van der Waals surface area contributed by atoms with Gasteiger partial charge < -0.3 is 10.3 Å². The molecule has 0 aliphatic carbocycles. The minimum atomic E-state index is -2.72. The summed E-state index contributed by atoms with van der Waals surface area (Å²) < 4.78 is 28.1. The van der Waals surface area contributed by atoms with E-state index in [1.807, 2.05) is 0 Å². The van der Waals surface area contributed by atoms with Gasteiger partial charge in [-0.15, -0.1) is 5.10 Å². The van der Waals surface area contributed by atoms with Crippen molar-refractivity contribution in [3.8, 4) is 5.69 Å². The largest absolute Gasteiger partial charge is 0.338 e. The van der Waals surface area contributed by atoms with Gasteiger partial charge in [0.1, 0.15) is 11.2 Å². The Hall–Kier alpha value is -3.54. The van der Waals surface area contributed by atoms with Gasteiger partial charge in [0.2, 0.25) is 0 Å². The van der Waals surface area contributed by atoms with E-state index in [2.05, 4.69) is 25.7 Å². The average Bonchev–Trinajstić information content (AvgIpc) is 3.16. The zero-order valence-corrected chi connectivity index (χ0v) is 15.1. The van der Waals surface area contributed by atoms with Gasteiger partial charge in [-0.1, -0.05) is 5.21 Å². The summed E-state index contributed by atoms with van der Waals surface area (Å²) >= 11 is 0. The van der Waals surface area contributed by atoms with E-state index >= 15 is 0 Å². The van der Waals surface area contributed by atoms with Crippen LogP contribution < -0.4 is 11.3 Å². The second-order valence-electron chi connectivity index (χ2n) is 6.64. The summed E-state index contributed by atoms with van der Waals surface area (Å²) in [6.07, 6.45) is 2.19. The highest BCUT2D eigenvalue weighted by Crippen LogP contribution is 2.28. The maximum absolute atomic E-state index is 13.3. The molecule has 0 saturated carbocycles. The van der Waals surface area contributed by atoms with Crippen molar-refractivity contribution >= 4 is 22.9 Å². The molecule has 150 valence electrons. The number of hydrogen-bond acceptors (Lipinski definition) is 7. The van der Waals surface area contributed by atoms with Crippen LogP contribution in [0.2, 0.25) is 0 Å². The number of piperidine rings is 1. The van der Waals surface area contributed by atoms with Crippen LogP contribution >= 0.6 is 0 Å². The molecule has 4 rings (SSSR count). The Morgan fingerprint density at radius 3 is 2.62 bits per heavy atom. The number of halogens is 2. The molecule has 0 unspecified atom stereocenters. The number of carbonyl (C=O) groups is 1. The summed E-state index contributed by atoms with van der Waals surface area (Å²) in [5.41, 5.74) is 4.19. The van der Waals surface area contributed by atoms with Crippen molar-refractivity contribution in [2.45, 2.75) is 18.8 Å². The van der Waals surface area contributed by atoms with Crippen LogP contribution in [-0.4, -0.2) is 60.6 Å². The van der Waals surface area contributed by atoms with Crippen molar-refractivity contribution in [3.05, 3.63) is 41.9 Å². The number of carbonyl (C=O) groups excluding carboxylic acids is 1. The van der Waals surface area contributed by atoms with Crippen molar-refractivity contribution in [3.63, 3.8) is 0 Å². The van der Waals surface area contributed by atoms with Gasteiger partial charge >= 0.3 is 0 Å². The van der Waals surface area contributed by atoms with E-state index in [1.165, 1.54) is 28.0 Å². The fraction of sp³-hybridized carbons (Fsp3) is 0.294. The fourth-order valence-electron chi connectivity index (χ4n) is 3.06. The number of amides is 1. The molecule has 1 amide bonds. The average molecular weight is 401 g/mol. The van der Waals surface area contributed by atoms with E-state index in [1.54, 1.807) is 12.1 Å². The maximum Gasteiger partial charge on any atom is 0.255 e. The molecular weight excluding hydrogens is 384 g/mol. The molecule has 1 saturated heterocycles. The van der Waals surface area contributed by atoms with E-state index < -0.39 is 5.92 Å². The van der Waals surface area contributed by atoms with Gasteiger partial charge in [0.25, 0.3) is 11.8 Å². The first-order valence-corrected chi connectivity index (χ1v) is 8.78. The standard InChI is InChI=1S/C17H17F2N9O/c18-17(19)3-5-27(6-4-17)16(29)10-7-13-15(23-8-10)28(26-25-13)11-1-2-12(22-9-11)14(20)24-21/h1-2,7-9H,3-6,21H2,(H2,20,24). The predicted octanol–water partition coefficient (Wildman–Crippen LogP) is 0.870. The summed E-state index contributed by atoms with van der Waals surface area (Å²) in [5, 5.41) is 15.7. The van der Waals surface area contributed by atoms with E-state index in [-0.39, 0.29) is 43.2 Å². The Bertz CT molecular complexity index is 1070. The topological polar surface area (TPSA) is 139 Å². The van der Waals surface area contributed by atoms with Crippen LogP contribution in [0.15, 0.2) is 30.6 Å². The Kier molecular flexibility index (Phi) is 4.62. The molecule has 12 heteroatoms. The molecule has 3 aromatic heterocycles. The van der Waals surface area contributed by atoms with Gasteiger partial charge in [-0.3, -0.25) is 15.2 Å². The number of aromatic nitrogens is 5. The molecule has 10 nitrogen and oxygen atoms in total. The van der Waals surface area contributed by atoms with Crippen molar-refractivity contribution in [2.75, 3.05) is 13.1 Å². The molecule has 1 aliphatic rings. The molecule has 0 aromatic carbocycles. The number of rotatable bonds is 3. The van der Waals surface area contributed by atoms with Crippen LogP contribution in [0, 0.1) is 5.41 Å². The van der Waals surface area contributed by atoms with Crippen LogP contribution in [0.25, 0.3) is 16.9 Å². The first-order valence-electron chi connectivity index (χ1n) is 8.78. The van der Waals surface area contributed by atoms with Crippen molar-refractivity contribution in [1.29, 1.82) is 5.41 Å². The third-order valence-electron chi connectivity index (χ3n) is 4.71. The number of likely N-dealkylation sites (tertiary alicyclic amines) is 1. The highest BCUT2D eigenvalue weighted by atomic mass is 19.3. The van der Waals surface area contributed by atoms with Gasteiger partial charge in [0, 0.05) is 32.1 Å². The lowest BCUT2D eigenvalue weighted by Gasteiger charge is -2.31. The lowest BCUT2D eigenvalue weighted by molar-refractivity contribution is -0.0494. The molecular formula is C17H17F2N9O. The number of fused-ring (bicyclic) bond motifs is 1. The van der Waals surface area contributed by atoms with Gasteiger partial charge in [-0.25, -0.2) is 19.6 Å². The Morgan fingerprint density at radius 1 is 1.21 bits per heavy atom. The fourth-order valence-corrected chi connectivity index (χ4v) is 3.06. The maximum atomic E-state index is 13.3. The summed E-state index contributed by atoms with van der Waals surface area (Å²) in [4.78, 5) is 22.4. The highest BCUT2D eigenvalue weighted by molar-refractivity contribution is 5.96. The van der Waals surface area contributed by atoms with Gasteiger partial charge in [-0.05, 0) is 18.2 Å². The van der Waals surface area contributed by atoms with Crippen LogP contribution in [0.1, 0.15) is 28.9 Å². The summed E-state index contributed by atoms with van der Waals surface area (Å²) in [6.45, 7) is 0.00246. The number of nitrogens with zero attached hydrogens (tertiary/aromatic N) is 6. The number of nitrogens with two attached hydrogens (primary N) is 1. The Morgan fingerprint density at radius 2 is 1.97 bits per heavy atom. The smallest absolute Gasteiger partial charge is 0.255 e. The van der Waals surface area contributed by atoms with Gasteiger partial charge in [0.05, 0.1) is 17.4 Å². The van der Waals surface area contributed by atoms with Crippen LogP contribution in [0.5, 0.6) is 0 Å². The molecule has 1 aliphatic heterocycles. The first kappa shape index (κ1) is 18.8. The summed E-state index contributed by atoms with van der Waals surface area (Å²) in [6, 6.07) is 4.81. The van der Waals surface area contributed by atoms with Crippen molar-refractivity contribution in [2.24, 2.45) is 5.84 Å². The molecule has 0 bridgehead atoms. The Labute approximate surface area is 163 Å². The van der Waals surface area contributed by atoms with Crippen molar-refractivity contribution < 1.29 is 13.6 Å². The molecule has 3 aromatic rings. The monoisotopic (exact) mass is 401 g/mol. The Balaban J connectivity index is 1.58. The van der Waals surface area contributed by atoms with E-state index in [0.717, 1.165) is 0 Å². The normalized spacial score (nSPS) is 16.0. The second-order valence-corrected chi connectivity index (χ2v) is 6.64. The lowest BCUT2D eigenvalue weighted by atomic mass is 10.1. The molecule has 0 radical (unpaired) electrons. The van der Waals surface area contributed by atoms with Gasteiger partial charge in [0.15, 0.2) is 11.5 Å². The van der Waals surface area contributed by atoms with Crippen molar-refractivity contribution in [1.82, 2.24) is 35.3 Å². The van der Waals surface area contributed by atoms with Gasteiger partial charge in [-0.2, -0.15) is 4.68 Å². The minimum Gasteiger partial charge on any atom is -0.338 e. The molecule has 0 spiro atoms. The second kappa shape index (κ2) is 7.13. The third kappa shape index (κ3) is 3.61.